The van der Waals surface area contributed by atoms with Gasteiger partial charge in [-0.3, -0.25) is 9.59 Å². The highest BCUT2D eigenvalue weighted by atomic mass is 16.2. The standard InChI is InChI=1S/C10H17NO2/c1-4-10(13)11-6-7(2)5-9(11)8(3)12/h7,9H,4-6H2,1-3H3. The second-order valence-corrected chi connectivity index (χ2v) is 3.87. The normalized spacial score (nSPS) is 27.8. The lowest BCUT2D eigenvalue weighted by Gasteiger charge is -2.21. The first-order valence-corrected chi connectivity index (χ1v) is 4.86. The molecule has 1 aliphatic rings. The Morgan fingerprint density at radius 3 is 2.54 bits per heavy atom. The van der Waals surface area contributed by atoms with E-state index in [1.54, 1.807) is 11.8 Å². The van der Waals surface area contributed by atoms with Gasteiger partial charge in [0.1, 0.15) is 0 Å². The Morgan fingerprint density at radius 2 is 2.08 bits per heavy atom. The molecule has 3 nitrogen and oxygen atoms in total. The van der Waals surface area contributed by atoms with Crippen LogP contribution in [0.5, 0.6) is 0 Å². The minimum atomic E-state index is -0.151. The molecule has 74 valence electrons. The first kappa shape index (κ1) is 10.2. The van der Waals surface area contributed by atoms with Crippen molar-refractivity contribution in [3.63, 3.8) is 0 Å². The lowest BCUT2D eigenvalue weighted by atomic mass is 10.1. The van der Waals surface area contributed by atoms with Crippen LogP contribution in [-0.4, -0.2) is 29.2 Å². The number of rotatable bonds is 2. The molecule has 1 heterocycles. The molecule has 1 fully saturated rings. The van der Waals surface area contributed by atoms with Crippen molar-refractivity contribution >= 4 is 11.7 Å². The largest absolute Gasteiger partial charge is 0.332 e. The van der Waals surface area contributed by atoms with E-state index < -0.39 is 0 Å². The molecular formula is C10H17NO2. The van der Waals surface area contributed by atoms with Crippen LogP contribution in [0.3, 0.4) is 0 Å². The van der Waals surface area contributed by atoms with Crippen molar-refractivity contribution in [3.05, 3.63) is 0 Å². The molecule has 0 N–H and O–H groups in total. The summed E-state index contributed by atoms with van der Waals surface area (Å²) >= 11 is 0. The number of carbonyl (C=O) groups is 2. The maximum atomic E-state index is 11.4. The van der Waals surface area contributed by atoms with Gasteiger partial charge in [0.15, 0.2) is 5.78 Å². The zero-order chi connectivity index (χ0) is 10.0. The second-order valence-electron chi connectivity index (χ2n) is 3.87. The van der Waals surface area contributed by atoms with Gasteiger partial charge in [-0.15, -0.1) is 0 Å². The van der Waals surface area contributed by atoms with Crippen LogP contribution in [0.15, 0.2) is 0 Å². The Hall–Kier alpha value is -0.860. The fourth-order valence-electron chi connectivity index (χ4n) is 1.91. The minimum Gasteiger partial charge on any atom is -0.332 e. The molecule has 0 aromatic carbocycles. The molecule has 1 rings (SSSR count). The van der Waals surface area contributed by atoms with Gasteiger partial charge in [-0.2, -0.15) is 0 Å². The molecule has 1 amide bonds. The van der Waals surface area contributed by atoms with Crippen LogP contribution in [0.2, 0.25) is 0 Å². The monoisotopic (exact) mass is 183 g/mol. The van der Waals surface area contributed by atoms with Gasteiger partial charge in [0.25, 0.3) is 0 Å². The summed E-state index contributed by atoms with van der Waals surface area (Å²) in [6, 6.07) is -0.151. The summed E-state index contributed by atoms with van der Waals surface area (Å²) in [5, 5.41) is 0. The maximum Gasteiger partial charge on any atom is 0.222 e. The van der Waals surface area contributed by atoms with Gasteiger partial charge in [-0.05, 0) is 19.3 Å². The van der Waals surface area contributed by atoms with Gasteiger partial charge in [0.05, 0.1) is 6.04 Å². The van der Waals surface area contributed by atoms with E-state index in [1.807, 2.05) is 6.92 Å². The molecule has 0 bridgehead atoms. The third-order valence-electron chi connectivity index (χ3n) is 2.60. The van der Waals surface area contributed by atoms with Crippen LogP contribution in [0.25, 0.3) is 0 Å². The number of ketones is 1. The predicted molar refractivity (Wildman–Crippen MR) is 50.3 cm³/mol. The smallest absolute Gasteiger partial charge is 0.222 e. The highest BCUT2D eigenvalue weighted by Crippen LogP contribution is 2.23. The molecule has 0 aromatic heterocycles. The van der Waals surface area contributed by atoms with Gasteiger partial charge in [-0.25, -0.2) is 0 Å². The molecule has 1 saturated heterocycles. The summed E-state index contributed by atoms with van der Waals surface area (Å²) in [5.41, 5.74) is 0. The van der Waals surface area contributed by atoms with Gasteiger partial charge < -0.3 is 4.90 Å². The van der Waals surface area contributed by atoms with E-state index in [-0.39, 0.29) is 17.7 Å². The fourth-order valence-corrected chi connectivity index (χ4v) is 1.91. The molecule has 1 aliphatic heterocycles. The van der Waals surface area contributed by atoms with Crippen LogP contribution >= 0.6 is 0 Å². The summed E-state index contributed by atoms with van der Waals surface area (Å²) in [6.07, 6.45) is 1.33. The predicted octanol–water partition coefficient (Wildman–Crippen LogP) is 1.22. The SMILES string of the molecule is CCC(=O)N1CC(C)CC1C(C)=O. The highest BCUT2D eigenvalue weighted by molar-refractivity contribution is 5.88. The topological polar surface area (TPSA) is 37.4 Å². The first-order chi connectivity index (χ1) is 6.06. The van der Waals surface area contributed by atoms with E-state index >= 15 is 0 Å². The molecule has 0 saturated carbocycles. The van der Waals surface area contributed by atoms with E-state index in [9.17, 15) is 9.59 Å². The van der Waals surface area contributed by atoms with E-state index in [2.05, 4.69) is 6.92 Å². The summed E-state index contributed by atoms with van der Waals surface area (Å²) in [4.78, 5) is 24.4. The quantitative estimate of drug-likeness (QED) is 0.645. The van der Waals surface area contributed by atoms with Crippen molar-refractivity contribution in [2.24, 2.45) is 5.92 Å². The van der Waals surface area contributed by atoms with Crippen LogP contribution in [0, 0.1) is 5.92 Å². The maximum absolute atomic E-state index is 11.4. The van der Waals surface area contributed by atoms with Crippen molar-refractivity contribution in [3.8, 4) is 0 Å². The van der Waals surface area contributed by atoms with Crippen LogP contribution in [-0.2, 0) is 9.59 Å². The number of likely N-dealkylation sites (tertiary alicyclic amines) is 1. The fraction of sp³-hybridized carbons (Fsp3) is 0.800. The Labute approximate surface area is 79.1 Å². The highest BCUT2D eigenvalue weighted by Gasteiger charge is 2.34. The average Bonchev–Trinajstić information content (AvgIpc) is 2.46. The summed E-state index contributed by atoms with van der Waals surface area (Å²) in [5.74, 6) is 0.681. The summed E-state index contributed by atoms with van der Waals surface area (Å²) in [6.45, 7) is 6.23. The van der Waals surface area contributed by atoms with E-state index in [4.69, 9.17) is 0 Å². The number of Topliss-reactive ketones (excluding diaryl/α,β-unsaturated/α-hetero) is 1. The average molecular weight is 183 g/mol. The van der Waals surface area contributed by atoms with Crippen LogP contribution < -0.4 is 0 Å². The molecule has 2 atom stereocenters. The lowest BCUT2D eigenvalue weighted by molar-refractivity contribution is -0.136. The second kappa shape index (κ2) is 3.90. The van der Waals surface area contributed by atoms with Crippen molar-refractivity contribution in [1.29, 1.82) is 0 Å². The number of carbonyl (C=O) groups excluding carboxylic acids is 2. The Bertz CT molecular complexity index is 225. The van der Waals surface area contributed by atoms with E-state index in [1.165, 1.54) is 0 Å². The molecular weight excluding hydrogens is 166 g/mol. The van der Waals surface area contributed by atoms with Crippen molar-refractivity contribution < 1.29 is 9.59 Å². The van der Waals surface area contributed by atoms with E-state index in [0.717, 1.165) is 13.0 Å². The van der Waals surface area contributed by atoms with Gasteiger partial charge >= 0.3 is 0 Å². The third kappa shape index (κ3) is 2.08. The summed E-state index contributed by atoms with van der Waals surface area (Å²) < 4.78 is 0. The number of hydrogen-bond acceptors (Lipinski definition) is 2. The van der Waals surface area contributed by atoms with Crippen LogP contribution in [0.1, 0.15) is 33.6 Å². The summed E-state index contributed by atoms with van der Waals surface area (Å²) in [7, 11) is 0. The first-order valence-electron chi connectivity index (χ1n) is 4.86. The van der Waals surface area contributed by atoms with E-state index in [0.29, 0.717) is 12.3 Å². The number of amides is 1. The Kier molecular flexibility index (Phi) is 3.07. The minimum absolute atomic E-state index is 0.101. The molecule has 0 radical (unpaired) electrons. The zero-order valence-electron chi connectivity index (χ0n) is 8.54. The van der Waals surface area contributed by atoms with Crippen molar-refractivity contribution in [2.75, 3.05) is 6.54 Å². The molecule has 0 aliphatic carbocycles. The van der Waals surface area contributed by atoms with Gasteiger partial charge in [-0.1, -0.05) is 13.8 Å². The molecule has 0 spiro atoms. The van der Waals surface area contributed by atoms with Gasteiger partial charge in [0, 0.05) is 13.0 Å². The zero-order valence-corrected chi connectivity index (χ0v) is 8.54. The Balaban J connectivity index is 2.71. The van der Waals surface area contributed by atoms with Gasteiger partial charge in [0.2, 0.25) is 5.91 Å². The van der Waals surface area contributed by atoms with Crippen LogP contribution in [0.4, 0.5) is 0 Å². The molecule has 3 heteroatoms. The van der Waals surface area contributed by atoms with Crippen molar-refractivity contribution in [1.82, 2.24) is 4.90 Å². The molecule has 13 heavy (non-hydrogen) atoms. The molecule has 2 unspecified atom stereocenters. The number of hydrogen-bond donors (Lipinski definition) is 0. The lowest BCUT2D eigenvalue weighted by Crippen LogP contribution is -2.39. The third-order valence-corrected chi connectivity index (χ3v) is 2.60. The van der Waals surface area contributed by atoms with Crippen molar-refractivity contribution in [2.45, 2.75) is 39.7 Å². The Morgan fingerprint density at radius 1 is 1.46 bits per heavy atom. The number of nitrogens with zero attached hydrogens (tertiary/aromatic N) is 1. The molecule has 0 aromatic rings.